The number of hydrogen-bond acceptors (Lipinski definition) is 7. The number of thiazole rings is 1. The minimum Gasteiger partial charge on any atom is -0.593 e. The average molecular weight is 462 g/mol. The molecular weight excluding hydrogens is 434 g/mol. The normalized spacial score (nSPS) is 23.8. The van der Waals surface area contributed by atoms with Gasteiger partial charge in [-0.1, -0.05) is 11.3 Å². The topological polar surface area (TPSA) is 102 Å². The van der Waals surface area contributed by atoms with E-state index < -0.39 is 17.0 Å². The van der Waals surface area contributed by atoms with E-state index in [-0.39, 0.29) is 12.1 Å². The van der Waals surface area contributed by atoms with Gasteiger partial charge in [-0.05, 0) is 57.6 Å². The lowest BCUT2D eigenvalue weighted by atomic mass is 9.94. The molecule has 2 heterocycles. The molecule has 2 aliphatic rings. The van der Waals surface area contributed by atoms with Crippen LogP contribution in [-0.2, 0) is 17.0 Å². The van der Waals surface area contributed by atoms with Gasteiger partial charge in [-0.3, -0.25) is 4.40 Å². The molecule has 7 nitrogen and oxygen atoms in total. The molecule has 0 radical (unpaired) electrons. The van der Waals surface area contributed by atoms with Crippen LogP contribution in [0.3, 0.4) is 0 Å². The molecule has 3 N–H and O–H groups in total. The molecule has 2 aromatic heterocycles. The lowest BCUT2D eigenvalue weighted by Gasteiger charge is -2.26. The Balaban J connectivity index is 1.48. The highest BCUT2D eigenvalue weighted by Gasteiger charge is 2.44. The number of benzene rings is 1. The summed E-state index contributed by atoms with van der Waals surface area (Å²) in [5, 5.41) is 20.2. The molecule has 2 fully saturated rings. The molecule has 0 bridgehead atoms. The number of ether oxygens (including phenoxy) is 1. The molecule has 0 amide bonds. The van der Waals surface area contributed by atoms with Gasteiger partial charge in [0.05, 0.1) is 46.9 Å². The third kappa shape index (κ3) is 3.99. The van der Waals surface area contributed by atoms with Crippen molar-refractivity contribution < 1.29 is 19.5 Å². The first kappa shape index (κ1) is 21.2. The fraction of sp³-hybridized carbons (Fsp3) is 0.500. The van der Waals surface area contributed by atoms with Crippen molar-refractivity contribution in [3.8, 4) is 17.0 Å². The van der Waals surface area contributed by atoms with Crippen molar-refractivity contribution in [2.75, 3.05) is 7.11 Å². The number of aliphatic hydroxyl groups is 2. The van der Waals surface area contributed by atoms with E-state index in [4.69, 9.17) is 9.72 Å². The Hall–Kier alpha value is -1.62. The van der Waals surface area contributed by atoms with Gasteiger partial charge < -0.3 is 19.5 Å². The minimum absolute atomic E-state index is 0.111. The molecule has 1 unspecified atom stereocenters. The summed E-state index contributed by atoms with van der Waals surface area (Å²) in [4.78, 5) is 7.07. The highest BCUT2D eigenvalue weighted by atomic mass is 32.2. The summed E-state index contributed by atoms with van der Waals surface area (Å²) in [6.45, 7) is 1.97. The molecule has 2 saturated carbocycles. The van der Waals surface area contributed by atoms with Gasteiger partial charge in [-0.15, -0.1) is 4.72 Å². The number of methoxy groups -OCH3 is 1. The molecular formula is C22H27N3O4S2. The fourth-order valence-electron chi connectivity index (χ4n) is 4.26. The van der Waals surface area contributed by atoms with Crippen LogP contribution in [0.15, 0.2) is 29.3 Å². The summed E-state index contributed by atoms with van der Waals surface area (Å²) in [5.41, 5.74) is 2.03. The summed E-state index contributed by atoms with van der Waals surface area (Å²) in [6, 6.07) is 5.81. The lowest BCUT2D eigenvalue weighted by molar-refractivity contribution is 0.120. The van der Waals surface area contributed by atoms with Crippen LogP contribution in [0.1, 0.15) is 49.1 Å². The first-order chi connectivity index (χ1) is 14.9. The van der Waals surface area contributed by atoms with Crippen molar-refractivity contribution >= 4 is 27.7 Å². The van der Waals surface area contributed by atoms with Gasteiger partial charge in [-0.25, -0.2) is 4.98 Å². The van der Waals surface area contributed by atoms with Crippen molar-refractivity contribution in [1.82, 2.24) is 14.1 Å². The van der Waals surface area contributed by atoms with Crippen LogP contribution in [0, 0.1) is 6.92 Å². The Morgan fingerprint density at radius 3 is 2.71 bits per heavy atom. The molecule has 166 valence electrons. The number of nitrogens with one attached hydrogen (secondary N) is 1. The van der Waals surface area contributed by atoms with E-state index in [1.807, 2.05) is 35.7 Å². The van der Waals surface area contributed by atoms with Crippen LogP contribution < -0.4 is 9.46 Å². The minimum atomic E-state index is -1.44. The lowest BCUT2D eigenvalue weighted by Crippen LogP contribution is -2.38. The SMILES string of the molecule is COc1ccc(-c2c(C)nc3sc(C4(O)CC4)cn23)cc1[S+]([O-])N[C@H]1CC[C@@H](O)CC1. The average Bonchev–Trinajstić information content (AvgIpc) is 3.25. The van der Waals surface area contributed by atoms with E-state index in [0.29, 0.717) is 10.6 Å². The second kappa shape index (κ2) is 8.06. The number of fused-ring (bicyclic) bond motifs is 1. The Morgan fingerprint density at radius 1 is 1.29 bits per heavy atom. The molecule has 31 heavy (non-hydrogen) atoms. The molecule has 0 spiro atoms. The molecule has 0 aliphatic heterocycles. The zero-order valence-corrected chi connectivity index (χ0v) is 19.3. The highest BCUT2D eigenvalue weighted by Crippen LogP contribution is 2.48. The van der Waals surface area contributed by atoms with Gasteiger partial charge >= 0.3 is 0 Å². The number of nitrogens with zero attached hydrogens (tertiary/aromatic N) is 2. The summed E-state index contributed by atoms with van der Waals surface area (Å²) in [6.07, 6.45) is 6.38. The first-order valence-corrected chi connectivity index (χ1v) is 12.6. The molecule has 1 atom stereocenters. The summed E-state index contributed by atoms with van der Waals surface area (Å²) in [7, 11) is 1.58. The van der Waals surface area contributed by atoms with Crippen molar-refractivity contribution in [2.45, 2.75) is 68.1 Å². The Kier molecular flexibility index (Phi) is 5.52. The standard InChI is InChI=1S/C22H27N3O4S2/c1-13-20(25-12-19(22(27)9-10-22)30-21(25)23-13)14-3-8-17(29-2)18(11-14)31(28)24-15-4-6-16(26)7-5-15/h3,8,11-12,15-16,24,26-27H,4-7,9-10H2,1-2H3/t15-,16+,31?. The first-order valence-electron chi connectivity index (χ1n) is 10.6. The fourth-order valence-corrected chi connectivity index (χ4v) is 6.67. The van der Waals surface area contributed by atoms with Crippen molar-refractivity contribution in [3.63, 3.8) is 0 Å². The van der Waals surface area contributed by atoms with E-state index in [0.717, 1.165) is 65.3 Å². The van der Waals surface area contributed by atoms with E-state index >= 15 is 0 Å². The number of aromatic nitrogens is 2. The second-order valence-electron chi connectivity index (χ2n) is 8.58. The van der Waals surface area contributed by atoms with E-state index in [9.17, 15) is 14.8 Å². The highest BCUT2D eigenvalue weighted by molar-refractivity contribution is 7.89. The van der Waals surface area contributed by atoms with E-state index in [2.05, 4.69) is 4.72 Å². The summed E-state index contributed by atoms with van der Waals surface area (Å²) in [5.74, 6) is 0.571. The van der Waals surface area contributed by atoms with E-state index in [1.165, 1.54) is 11.3 Å². The predicted molar refractivity (Wildman–Crippen MR) is 121 cm³/mol. The molecule has 5 rings (SSSR count). The maximum Gasteiger partial charge on any atom is 0.216 e. The van der Waals surface area contributed by atoms with Crippen LogP contribution in [0.25, 0.3) is 16.2 Å². The number of rotatable bonds is 6. The Labute approximate surface area is 188 Å². The van der Waals surface area contributed by atoms with Gasteiger partial charge in [0.2, 0.25) is 4.90 Å². The van der Waals surface area contributed by atoms with Crippen molar-refractivity contribution in [3.05, 3.63) is 35.0 Å². The Morgan fingerprint density at radius 2 is 2.03 bits per heavy atom. The molecule has 0 saturated heterocycles. The van der Waals surface area contributed by atoms with Gasteiger partial charge in [0.1, 0.15) is 5.60 Å². The van der Waals surface area contributed by atoms with Crippen molar-refractivity contribution in [1.29, 1.82) is 0 Å². The largest absolute Gasteiger partial charge is 0.593 e. The number of hydrogen-bond donors (Lipinski definition) is 3. The van der Waals surface area contributed by atoms with Crippen LogP contribution in [-0.4, -0.2) is 43.4 Å². The van der Waals surface area contributed by atoms with Gasteiger partial charge in [0, 0.05) is 17.8 Å². The summed E-state index contributed by atoms with van der Waals surface area (Å²) < 4.78 is 23.9. The number of aliphatic hydroxyl groups excluding tert-OH is 1. The van der Waals surface area contributed by atoms with Crippen LogP contribution >= 0.6 is 11.3 Å². The zero-order valence-electron chi connectivity index (χ0n) is 17.6. The van der Waals surface area contributed by atoms with Gasteiger partial charge in [-0.2, -0.15) is 0 Å². The molecule has 2 aliphatic carbocycles. The number of aryl methyl sites for hydroxylation is 1. The third-order valence-corrected chi connectivity index (χ3v) is 8.73. The maximum absolute atomic E-state index is 13.2. The van der Waals surface area contributed by atoms with Crippen LogP contribution in [0.5, 0.6) is 5.75 Å². The van der Waals surface area contributed by atoms with E-state index in [1.54, 1.807) is 7.11 Å². The predicted octanol–water partition coefficient (Wildman–Crippen LogP) is 3.28. The summed E-state index contributed by atoms with van der Waals surface area (Å²) >= 11 is 0.0839. The second-order valence-corrected chi connectivity index (χ2v) is 10.8. The van der Waals surface area contributed by atoms with Crippen LogP contribution in [0.2, 0.25) is 0 Å². The maximum atomic E-state index is 13.2. The smallest absolute Gasteiger partial charge is 0.216 e. The van der Waals surface area contributed by atoms with Crippen molar-refractivity contribution in [2.24, 2.45) is 0 Å². The number of imidazole rings is 1. The van der Waals surface area contributed by atoms with Gasteiger partial charge in [0.15, 0.2) is 10.7 Å². The third-order valence-electron chi connectivity index (χ3n) is 6.29. The molecule has 1 aromatic carbocycles. The monoisotopic (exact) mass is 461 g/mol. The quantitative estimate of drug-likeness (QED) is 0.487. The van der Waals surface area contributed by atoms with Gasteiger partial charge in [0.25, 0.3) is 0 Å². The molecule has 9 heteroatoms. The van der Waals surface area contributed by atoms with Crippen LogP contribution in [0.4, 0.5) is 0 Å². The zero-order chi connectivity index (χ0) is 21.8. The molecule has 3 aromatic rings. The Bertz CT molecular complexity index is 1100.